The lowest BCUT2D eigenvalue weighted by Gasteiger charge is -2.14. The van der Waals surface area contributed by atoms with Gasteiger partial charge in [0.05, 0.1) is 33.6 Å². The van der Waals surface area contributed by atoms with E-state index in [-0.39, 0.29) is 0 Å². The fourth-order valence-electron chi connectivity index (χ4n) is 7.42. The molecule has 4 heteroatoms. The number of aromatic nitrogens is 4. The van der Waals surface area contributed by atoms with Crippen LogP contribution in [0.4, 0.5) is 0 Å². The minimum Gasteiger partial charge on any atom is -0.308 e. The Morgan fingerprint density at radius 1 is 0.392 bits per heavy atom. The first-order chi connectivity index (χ1) is 25.3. The van der Waals surface area contributed by atoms with Crippen molar-refractivity contribution in [2.75, 3.05) is 0 Å². The predicted octanol–water partition coefficient (Wildman–Crippen LogP) is 11.9. The van der Waals surface area contributed by atoms with E-state index in [0.29, 0.717) is 5.82 Å². The molecule has 238 valence electrons. The maximum Gasteiger partial charge on any atom is 0.160 e. The summed E-state index contributed by atoms with van der Waals surface area (Å²) in [5.74, 6) is 0.704. The molecule has 0 saturated heterocycles. The summed E-state index contributed by atoms with van der Waals surface area (Å²) in [6, 6.07) is 63.6. The molecule has 3 aromatic heterocycles. The van der Waals surface area contributed by atoms with Crippen molar-refractivity contribution in [3.8, 4) is 50.8 Å². The summed E-state index contributed by atoms with van der Waals surface area (Å²) in [7, 11) is 0. The summed E-state index contributed by atoms with van der Waals surface area (Å²) < 4.78 is 2.41. The van der Waals surface area contributed by atoms with Crippen LogP contribution in [0.3, 0.4) is 0 Å². The van der Waals surface area contributed by atoms with Crippen molar-refractivity contribution in [2.24, 2.45) is 0 Å². The van der Waals surface area contributed by atoms with Gasteiger partial charge < -0.3 is 4.57 Å². The molecule has 0 fully saturated rings. The van der Waals surface area contributed by atoms with E-state index < -0.39 is 0 Å². The molecule has 0 aliphatic heterocycles. The van der Waals surface area contributed by atoms with Gasteiger partial charge in [-0.3, -0.25) is 0 Å². The van der Waals surface area contributed by atoms with E-state index in [4.69, 9.17) is 15.0 Å². The Morgan fingerprint density at radius 2 is 0.961 bits per heavy atom. The summed E-state index contributed by atoms with van der Waals surface area (Å²) in [4.78, 5) is 15.5. The summed E-state index contributed by atoms with van der Waals surface area (Å²) >= 11 is 0. The second kappa shape index (κ2) is 11.9. The van der Waals surface area contributed by atoms with Gasteiger partial charge in [0.25, 0.3) is 0 Å². The maximum absolute atomic E-state index is 5.45. The second-order valence-corrected chi connectivity index (χ2v) is 12.8. The molecule has 0 bridgehead atoms. The molecule has 0 aliphatic rings. The van der Waals surface area contributed by atoms with Crippen molar-refractivity contribution in [3.63, 3.8) is 0 Å². The highest BCUT2D eigenvalue weighted by atomic mass is 15.0. The van der Waals surface area contributed by atoms with Crippen LogP contribution in [0.1, 0.15) is 0 Å². The van der Waals surface area contributed by atoms with Crippen LogP contribution in [0.25, 0.3) is 94.3 Å². The molecule has 0 amide bonds. The lowest BCUT2D eigenvalue weighted by Crippen LogP contribution is -1.97. The molecule has 3 heterocycles. The fraction of sp³-hybridized carbons (Fsp3) is 0. The highest BCUT2D eigenvalue weighted by Crippen LogP contribution is 2.43. The van der Waals surface area contributed by atoms with Crippen LogP contribution in [0, 0.1) is 0 Å². The van der Waals surface area contributed by atoms with Gasteiger partial charge in [-0.15, -0.1) is 0 Å². The Balaban J connectivity index is 1.21. The topological polar surface area (TPSA) is 43.6 Å². The average molecular weight is 651 g/mol. The van der Waals surface area contributed by atoms with Gasteiger partial charge in [0, 0.05) is 44.1 Å². The average Bonchev–Trinajstić information content (AvgIpc) is 3.56. The Morgan fingerprint density at radius 3 is 1.69 bits per heavy atom. The molecule has 0 saturated carbocycles. The van der Waals surface area contributed by atoms with E-state index in [9.17, 15) is 0 Å². The van der Waals surface area contributed by atoms with Crippen molar-refractivity contribution in [3.05, 3.63) is 182 Å². The molecule has 0 radical (unpaired) electrons. The number of para-hydroxylation sites is 2. The molecule has 10 rings (SSSR count). The minimum atomic E-state index is 0.704. The van der Waals surface area contributed by atoms with Gasteiger partial charge in [-0.1, -0.05) is 152 Å². The Bertz CT molecular complexity index is 2820. The molecule has 10 aromatic rings. The van der Waals surface area contributed by atoms with Gasteiger partial charge in [0.15, 0.2) is 5.82 Å². The third-order valence-corrected chi connectivity index (χ3v) is 9.78. The van der Waals surface area contributed by atoms with Gasteiger partial charge in [0.2, 0.25) is 0 Å². The van der Waals surface area contributed by atoms with E-state index in [1.54, 1.807) is 0 Å². The smallest absolute Gasteiger partial charge is 0.160 e. The third kappa shape index (κ3) is 4.88. The zero-order valence-electron chi connectivity index (χ0n) is 27.6. The van der Waals surface area contributed by atoms with E-state index in [1.165, 1.54) is 21.7 Å². The number of benzene rings is 7. The number of nitrogens with zero attached hydrogens (tertiary/aromatic N) is 4. The zero-order valence-corrected chi connectivity index (χ0v) is 27.6. The Kier molecular flexibility index (Phi) is 6.78. The summed E-state index contributed by atoms with van der Waals surface area (Å²) in [5, 5.41) is 5.87. The molecule has 0 N–H and O–H groups in total. The van der Waals surface area contributed by atoms with Crippen LogP contribution in [0.5, 0.6) is 0 Å². The third-order valence-electron chi connectivity index (χ3n) is 9.78. The van der Waals surface area contributed by atoms with Crippen molar-refractivity contribution in [2.45, 2.75) is 0 Å². The maximum atomic E-state index is 5.45. The molecule has 0 spiro atoms. The molecule has 0 aliphatic carbocycles. The quantitative estimate of drug-likeness (QED) is 0.174. The first kappa shape index (κ1) is 29.0. The number of fused-ring (bicyclic) bond motifs is 7. The van der Waals surface area contributed by atoms with Crippen LogP contribution in [0.15, 0.2) is 182 Å². The molecule has 0 unspecified atom stereocenters. The van der Waals surface area contributed by atoms with Crippen LogP contribution in [-0.2, 0) is 0 Å². The standard InChI is InChI=1S/C47H30N4/c1-4-15-32(16-5-1)40-30-41(50-47(49-40)35-17-6-2-7-18-35)33-24-26-34(27-25-33)45-44-38-22-12-13-23-42(38)51(36-19-8-3-9-20-36)46(44)43-37-21-11-10-14-31(37)28-29-39(43)48-45/h1-30H. The van der Waals surface area contributed by atoms with E-state index in [2.05, 4.69) is 150 Å². The SMILES string of the molecule is c1ccc(-c2cc(-c3ccc(-c4nc5ccc6ccccc6c5c5c4c4ccccc4n5-c4ccccc4)cc3)nc(-c3ccccc3)n2)cc1. The summed E-state index contributed by atoms with van der Waals surface area (Å²) in [6.07, 6.45) is 0. The van der Waals surface area contributed by atoms with E-state index in [1.807, 2.05) is 36.4 Å². The summed E-state index contributed by atoms with van der Waals surface area (Å²) in [5.41, 5.74) is 11.2. The highest BCUT2D eigenvalue weighted by Gasteiger charge is 2.22. The van der Waals surface area contributed by atoms with Gasteiger partial charge in [-0.05, 0) is 41.1 Å². The minimum absolute atomic E-state index is 0.704. The van der Waals surface area contributed by atoms with Crippen LogP contribution in [0.2, 0.25) is 0 Å². The summed E-state index contributed by atoms with van der Waals surface area (Å²) in [6.45, 7) is 0. The molecule has 4 nitrogen and oxygen atoms in total. The van der Waals surface area contributed by atoms with E-state index >= 15 is 0 Å². The number of hydrogen-bond acceptors (Lipinski definition) is 3. The molecule has 51 heavy (non-hydrogen) atoms. The van der Waals surface area contributed by atoms with Crippen molar-refractivity contribution < 1.29 is 0 Å². The second-order valence-electron chi connectivity index (χ2n) is 12.8. The van der Waals surface area contributed by atoms with Gasteiger partial charge in [0.1, 0.15) is 0 Å². The number of pyridine rings is 1. The molecule has 7 aromatic carbocycles. The highest BCUT2D eigenvalue weighted by molar-refractivity contribution is 6.27. The van der Waals surface area contributed by atoms with Crippen LogP contribution >= 0.6 is 0 Å². The van der Waals surface area contributed by atoms with Crippen molar-refractivity contribution in [1.82, 2.24) is 19.5 Å². The lowest BCUT2D eigenvalue weighted by atomic mass is 9.98. The fourth-order valence-corrected chi connectivity index (χ4v) is 7.42. The Hall–Kier alpha value is -6.91. The zero-order chi connectivity index (χ0) is 33.7. The largest absolute Gasteiger partial charge is 0.308 e. The first-order valence-electron chi connectivity index (χ1n) is 17.2. The van der Waals surface area contributed by atoms with E-state index in [0.717, 1.165) is 66.8 Å². The van der Waals surface area contributed by atoms with Crippen molar-refractivity contribution in [1.29, 1.82) is 0 Å². The van der Waals surface area contributed by atoms with Crippen molar-refractivity contribution >= 4 is 43.5 Å². The van der Waals surface area contributed by atoms with Crippen LogP contribution in [-0.4, -0.2) is 19.5 Å². The molecular formula is C47H30N4. The predicted molar refractivity (Wildman–Crippen MR) is 211 cm³/mol. The number of rotatable bonds is 5. The Labute approximate surface area is 295 Å². The van der Waals surface area contributed by atoms with Gasteiger partial charge in [-0.2, -0.15) is 0 Å². The van der Waals surface area contributed by atoms with Gasteiger partial charge in [-0.25, -0.2) is 15.0 Å². The monoisotopic (exact) mass is 650 g/mol. The lowest BCUT2D eigenvalue weighted by molar-refractivity contribution is 1.18. The first-order valence-corrected chi connectivity index (χ1v) is 17.2. The van der Waals surface area contributed by atoms with Crippen LogP contribution < -0.4 is 0 Å². The number of hydrogen-bond donors (Lipinski definition) is 0. The normalized spacial score (nSPS) is 11.5. The van der Waals surface area contributed by atoms with Gasteiger partial charge >= 0.3 is 0 Å². The molecular weight excluding hydrogens is 621 g/mol. The molecule has 0 atom stereocenters.